The Morgan fingerprint density at radius 3 is 2.44 bits per heavy atom. The van der Waals surface area contributed by atoms with Crippen LogP contribution in [0, 0.1) is 0 Å². The molecule has 0 aliphatic carbocycles. The zero-order chi connectivity index (χ0) is 17.2. The molecule has 6 nitrogen and oxygen atoms in total. The van der Waals surface area contributed by atoms with Crippen LogP contribution < -0.4 is 10.5 Å². The first-order chi connectivity index (χ1) is 12.3. The van der Waals surface area contributed by atoms with Crippen LogP contribution in [-0.4, -0.2) is 33.4 Å². The van der Waals surface area contributed by atoms with E-state index in [4.69, 9.17) is 15.6 Å². The average Bonchev–Trinajstić information content (AvgIpc) is 3.11. The smallest absolute Gasteiger partial charge is 0.212 e. The Morgan fingerprint density at radius 2 is 1.76 bits per heavy atom. The number of hydrogen-bond donors (Lipinski definition) is 1. The summed E-state index contributed by atoms with van der Waals surface area (Å²) < 4.78 is 7.03. The van der Waals surface area contributed by atoms with Crippen LogP contribution in [0.25, 0.3) is 11.4 Å². The molecule has 0 saturated carbocycles. The maximum absolute atomic E-state index is 5.67. The third kappa shape index (κ3) is 3.04. The lowest BCUT2D eigenvalue weighted by molar-refractivity contribution is 0.415. The number of methoxy groups -OCH3 is 1. The first kappa shape index (κ1) is 15.9. The molecular formula is C18H17N5OS. The van der Waals surface area contributed by atoms with Gasteiger partial charge in [-0.2, -0.15) is 9.78 Å². The van der Waals surface area contributed by atoms with Crippen LogP contribution in [0.15, 0.2) is 58.8 Å². The molecule has 4 rings (SSSR count). The minimum Gasteiger partial charge on any atom is -0.497 e. The van der Waals surface area contributed by atoms with E-state index < -0.39 is 0 Å². The van der Waals surface area contributed by atoms with Crippen LogP contribution in [0.5, 0.6) is 5.75 Å². The van der Waals surface area contributed by atoms with E-state index in [1.165, 1.54) is 0 Å². The molecule has 0 amide bonds. The van der Waals surface area contributed by atoms with Gasteiger partial charge in [0, 0.05) is 17.9 Å². The van der Waals surface area contributed by atoms with Gasteiger partial charge >= 0.3 is 0 Å². The van der Waals surface area contributed by atoms with Crippen molar-refractivity contribution in [1.29, 1.82) is 0 Å². The van der Waals surface area contributed by atoms with Crippen molar-refractivity contribution in [3.63, 3.8) is 0 Å². The number of nitrogens with two attached hydrogens (primary N) is 1. The highest BCUT2D eigenvalue weighted by molar-refractivity contribution is 7.99. The number of ether oxygens (including phenoxy) is 1. The lowest BCUT2D eigenvalue weighted by Crippen LogP contribution is -2.13. The third-order valence-electron chi connectivity index (χ3n) is 4.04. The molecule has 1 aliphatic rings. The van der Waals surface area contributed by atoms with Gasteiger partial charge in [-0.25, -0.2) is 0 Å². The average molecular weight is 351 g/mol. The molecule has 0 unspecified atom stereocenters. The van der Waals surface area contributed by atoms with Crippen molar-refractivity contribution in [2.75, 3.05) is 12.9 Å². The molecule has 25 heavy (non-hydrogen) atoms. The number of nitrogens with zero attached hydrogens (tertiary/aromatic N) is 4. The lowest BCUT2D eigenvalue weighted by atomic mass is 10.1. The normalized spacial score (nSPS) is 13.3. The number of hydrogen-bond acceptors (Lipinski definition) is 6. The van der Waals surface area contributed by atoms with Gasteiger partial charge < -0.3 is 10.5 Å². The van der Waals surface area contributed by atoms with E-state index in [2.05, 4.69) is 10.2 Å². The Bertz CT molecular complexity index is 916. The second-order valence-corrected chi connectivity index (χ2v) is 6.53. The summed E-state index contributed by atoms with van der Waals surface area (Å²) in [6, 6.07) is 15.9. The molecule has 1 aliphatic heterocycles. The van der Waals surface area contributed by atoms with E-state index in [9.17, 15) is 0 Å². The Balaban J connectivity index is 1.71. The van der Waals surface area contributed by atoms with Crippen molar-refractivity contribution < 1.29 is 4.74 Å². The molecule has 7 heteroatoms. The van der Waals surface area contributed by atoms with Crippen LogP contribution in [-0.2, 0) is 6.54 Å². The first-order valence-electron chi connectivity index (χ1n) is 7.88. The lowest BCUT2D eigenvalue weighted by Gasteiger charge is -2.14. The van der Waals surface area contributed by atoms with Crippen LogP contribution >= 0.6 is 11.8 Å². The van der Waals surface area contributed by atoms with Crippen molar-refractivity contribution in [2.45, 2.75) is 11.7 Å². The van der Waals surface area contributed by atoms with E-state index in [-0.39, 0.29) is 0 Å². The van der Waals surface area contributed by atoms with E-state index in [0.717, 1.165) is 44.9 Å². The first-order valence-corrected chi connectivity index (χ1v) is 8.87. The van der Waals surface area contributed by atoms with Gasteiger partial charge in [0.05, 0.1) is 12.8 Å². The van der Waals surface area contributed by atoms with Crippen molar-refractivity contribution in [3.05, 3.63) is 59.7 Å². The molecule has 0 saturated heterocycles. The molecule has 2 heterocycles. The van der Waals surface area contributed by atoms with Crippen LogP contribution in [0.1, 0.15) is 11.1 Å². The standard InChI is InChI=1S/C18H17N5OS/c1-24-15-8-6-13(7-9-15)16-11-25-18-21-20-17(23(18)22-16)14-4-2-12(10-19)3-5-14/h2-9H,10-11,19H2,1H3. The predicted octanol–water partition coefficient (Wildman–Crippen LogP) is 2.77. The molecule has 0 bridgehead atoms. The fourth-order valence-corrected chi connectivity index (χ4v) is 3.46. The second kappa shape index (κ2) is 6.70. The van der Waals surface area contributed by atoms with Gasteiger partial charge in [-0.1, -0.05) is 36.0 Å². The Labute approximate surface area is 149 Å². The largest absolute Gasteiger partial charge is 0.497 e. The Hall–Kier alpha value is -2.64. The maximum atomic E-state index is 5.67. The van der Waals surface area contributed by atoms with Crippen molar-refractivity contribution >= 4 is 17.5 Å². The summed E-state index contributed by atoms with van der Waals surface area (Å²) in [5.41, 5.74) is 9.77. The summed E-state index contributed by atoms with van der Waals surface area (Å²) in [4.78, 5) is 0. The molecule has 2 aromatic carbocycles. The highest BCUT2D eigenvalue weighted by Gasteiger charge is 2.20. The minimum atomic E-state index is 0.522. The fourth-order valence-electron chi connectivity index (χ4n) is 2.62. The molecule has 0 radical (unpaired) electrons. The van der Waals surface area contributed by atoms with Gasteiger partial charge in [-0.05, 0) is 35.4 Å². The second-order valence-electron chi connectivity index (χ2n) is 5.58. The topological polar surface area (TPSA) is 78.3 Å². The van der Waals surface area contributed by atoms with Crippen LogP contribution in [0.2, 0.25) is 0 Å². The zero-order valence-corrected chi connectivity index (χ0v) is 14.5. The van der Waals surface area contributed by atoms with Gasteiger partial charge in [0.15, 0.2) is 5.82 Å². The number of aromatic nitrogens is 3. The molecule has 0 fully saturated rings. The molecule has 0 atom stereocenters. The van der Waals surface area contributed by atoms with E-state index in [0.29, 0.717) is 6.54 Å². The molecule has 1 aromatic heterocycles. The van der Waals surface area contributed by atoms with Crippen LogP contribution in [0.3, 0.4) is 0 Å². The molecule has 3 aromatic rings. The molecular weight excluding hydrogens is 334 g/mol. The van der Waals surface area contributed by atoms with Gasteiger partial charge in [0.1, 0.15) is 5.75 Å². The van der Waals surface area contributed by atoms with Gasteiger partial charge in [-0.15, -0.1) is 10.2 Å². The summed E-state index contributed by atoms with van der Waals surface area (Å²) in [6.07, 6.45) is 0. The highest BCUT2D eigenvalue weighted by Crippen LogP contribution is 2.28. The zero-order valence-electron chi connectivity index (χ0n) is 13.7. The minimum absolute atomic E-state index is 0.522. The summed E-state index contributed by atoms with van der Waals surface area (Å²) in [5.74, 6) is 2.33. The third-order valence-corrected chi connectivity index (χ3v) is 4.97. The Kier molecular flexibility index (Phi) is 4.25. The number of thioether (sulfide) groups is 1. The summed E-state index contributed by atoms with van der Waals surface area (Å²) in [5, 5.41) is 14.1. The summed E-state index contributed by atoms with van der Waals surface area (Å²) in [7, 11) is 1.66. The van der Waals surface area contributed by atoms with E-state index in [1.807, 2.05) is 53.2 Å². The van der Waals surface area contributed by atoms with Gasteiger partial charge in [0.25, 0.3) is 0 Å². The van der Waals surface area contributed by atoms with E-state index in [1.54, 1.807) is 18.9 Å². The predicted molar refractivity (Wildman–Crippen MR) is 99.0 cm³/mol. The van der Waals surface area contributed by atoms with Crippen LogP contribution in [0.4, 0.5) is 0 Å². The summed E-state index contributed by atoms with van der Waals surface area (Å²) >= 11 is 1.63. The SMILES string of the molecule is COc1ccc(C2=Nn3c(nnc3-c3ccc(CN)cc3)SC2)cc1. The van der Waals surface area contributed by atoms with Crippen molar-refractivity contribution in [2.24, 2.45) is 10.8 Å². The van der Waals surface area contributed by atoms with E-state index >= 15 is 0 Å². The number of fused-ring (bicyclic) bond motifs is 1. The highest BCUT2D eigenvalue weighted by atomic mass is 32.2. The molecule has 0 spiro atoms. The molecule has 2 N–H and O–H groups in total. The maximum Gasteiger partial charge on any atom is 0.212 e. The monoisotopic (exact) mass is 351 g/mol. The Morgan fingerprint density at radius 1 is 1.04 bits per heavy atom. The van der Waals surface area contributed by atoms with Crippen molar-refractivity contribution in [3.8, 4) is 17.1 Å². The summed E-state index contributed by atoms with van der Waals surface area (Å²) in [6.45, 7) is 0.522. The number of rotatable bonds is 4. The fraction of sp³-hybridized carbons (Fsp3) is 0.167. The van der Waals surface area contributed by atoms with Gasteiger partial charge in [-0.3, -0.25) is 0 Å². The number of benzene rings is 2. The quantitative estimate of drug-likeness (QED) is 0.782. The molecule has 126 valence electrons. The van der Waals surface area contributed by atoms with Crippen molar-refractivity contribution in [1.82, 2.24) is 14.9 Å². The van der Waals surface area contributed by atoms with Gasteiger partial charge in [0.2, 0.25) is 5.16 Å².